The summed E-state index contributed by atoms with van der Waals surface area (Å²) in [6.07, 6.45) is 10.0. The van der Waals surface area contributed by atoms with Crippen molar-refractivity contribution in [3.63, 3.8) is 0 Å². The van der Waals surface area contributed by atoms with Gasteiger partial charge in [0.25, 0.3) is 0 Å². The van der Waals surface area contributed by atoms with Crippen LogP contribution in [0, 0.1) is 5.92 Å². The van der Waals surface area contributed by atoms with Gasteiger partial charge < -0.3 is 5.32 Å². The SMILES string of the molecule is CCCNC(CN1CCN(C2CCCC2)CC1)C1CC1. The highest BCUT2D eigenvalue weighted by molar-refractivity contribution is 4.90. The molecule has 2 aliphatic carbocycles. The Morgan fingerprint density at radius 1 is 1.00 bits per heavy atom. The van der Waals surface area contributed by atoms with Crippen molar-refractivity contribution in [3.05, 3.63) is 0 Å². The van der Waals surface area contributed by atoms with Crippen LogP contribution >= 0.6 is 0 Å². The lowest BCUT2D eigenvalue weighted by atomic mass is 10.1. The van der Waals surface area contributed by atoms with E-state index < -0.39 is 0 Å². The lowest BCUT2D eigenvalue weighted by Gasteiger charge is -2.39. The molecule has 3 nitrogen and oxygen atoms in total. The van der Waals surface area contributed by atoms with E-state index >= 15 is 0 Å². The zero-order valence-electron chi connectivity index (χ0n) is 13.3. The molecule has 0 bridgehead atoms. The molecule has 1 heterocycles. The fourth-order valence-electron chi connectivity index (χ4n) is 4.07. The van der Waals surface area contributed by atoms with Gasteiger partial charge in [-0.3, -0.25) is 9.80 Å². The summed E-state index contributed by atoms with van der Waals surface area (Å²) in [4.78, 5) is 5.49. The van der Waals surface area contributed by atoms with E-state index in [0.717, 1.165) is 18.0 Å². The largest absolute Gasteiger partial charge is 0.312 e. The van der Waals surface area contributed by atoms with E-state index in [1.807, 2.05) is 0 Å². The molecule has 0 aromatic carbocycles. The standard InChI is InChI=1S/C17H33N3/c1-2-9-18-17(15-7-8-15)14-19-10-12-20(13-11-19)16-5-3-4-6-16/h15-18H,2-14H2,1H3. The third kappa shape index (κ3) is 3.96. The molecule has 20 heavy (non-hydrogen) atoms. The van der Waals surface area contributed by atoms with Crippen molar-refractivity contribution in [2.75, 3.05) is 39.3 Å². The van der Waals surface area contributed by atoms with Crippen LogP contribution in [0.2, 0.25) is 0 Å². The average Bonchev–Trinajstić information content (AvgIpc) is 3.18. The van der Waals surface area contributed by atoms with Crippen molar-refractivity contribution in [1.29, 1.82) is 0 Å². The van der Waals surface area contributed by atoms with Gasteiger partial charge in [-0.05, 0) is 44.6 Å². The van der Waals surface area contributed by atoms with Crippen molar-refractivity contribution < 1.29 is 0 Å². The van der Waals surface area contributed by atoms with E-state index in [-0.39, 0.29) is 0 Å². The lowest BCUT2D eigenvalue weighted by Crippen LogP contribution is -2.53. The highest BCUT2D eigenvalue weighted by Gasteiger charge is 2.33. The zero-order valence-corrected chi connectivity index (χ0v) is 13.3. The number of rotatable bonds is 7. The number of piperazine rings is 1. The summed E-state index contributed by atoms with van der Waals surface area (Å²) in [6, 6.07) is 1.70. The van der Waals surface area contributed by atoms with Gasteiger partial charge in [0.05, 0.1) is 0 Å². The van der Waals surface area contributed by atoms with Gasteiger partial charge in [0, 0.05) is 44.8 Å². The second-order valence-electron chi connectivity index (χ2n) is 7.17. The quantitative estimate of drug-likeness (QED) is 0.771. The molecule has 1 N–H and O–H groups in total. The maximum atomic E-state index is 3.79. The molecule has 1 aliphatic heterocycles. The third-order valence-electron chi connectivity index (χ3n) is 5.55. The summed E-state index contributed by atoms with van der Waals surface area (Å²) in [5, 5.41) is 3.79. The van der Waals surface area contributed by atoms with Gasteiger partial charge in [0.15, 0.2) is 0 Å². The molecule has 1 unspecified atom stereocenters. The zero-order chi connectivity index (χ0) is 13.8. The molecule has 3 aliphatic rings. The first-order valence-corrected chi connectivity index (χ1v) is 9.06. The van der Waals surface area contributed by atoms with Crippen LogP contribution in [0.5, 0.6) is 0 Å². The number of nitrogens with one attached hydrogen (secondary N) is 1. The van der Waals surface area contributed by atoms with E-state index in [1.54, 1.807) is 0 Å². The second kappa shape index (κ2) is 7.24. The van der Waals surface area contributed by atoms with Crippen molar-refractivity contribution in [1.82, 2.24) is 15.1 Å². The molecular formula is C17H33N3. The summed E-state index contributed by atoms with van der Waals surface area (Å²) in [5.74, 6) is 0.981. The van der Waals surface area contributed by atoms with E-state index in [4.69, 9.17) is 0 Å². The molecule has 0 radical (unpaired) electrons. The molecule has 2 saturated carbocycles. The van der Waals surface area contributed by atoms with Gasteiger partial charge in [0.1, 0.15) is 0 Å². The molecule has 3 rings (SSSR count). The first-order valence-electron chi connectivity index (χ1n) is 9.06. The van der Waals surface area contributed by atoms with Crippen LogP contribution in [0.25, 0.3) is 0 Å². The van der Waals surface area contributed by atoms with E-state index in [9.17, 15) is 0 Å². The Bertz CT molecular complexity index is 276. The summed E-state index contributed by atoms with van der Waals surface area (Å²) < 4.78 is 0. The molecule has 3 fully saturated rings. The first kappa shape index (κ1) is 14.8. The third-order valence-corrected chi connectivity index (χ3v) is 5.55. The molecule has 0 aromatic rings. The summed E-state index contributed by atoms with van der Waals surface area (Å²) in [7, 11) is 0. The number of hydrogen-bond acceptors (Lipinski definition) is 3. The second-order valence-corrected chi connectivity index (χ2v) is 7.17. The minimum Gasteiger partial charge on any atom is -0.312 e. The highest BCUT2D eigenvalue weighted by Crippen LogP contribution is 2.33. The van der Waals surface area contributed by atoms with Crippen LogP contribution in [0.15, 0.2) is 0 Å². The van der Waals surface area contributed by atoms with Gasteiger partial charge in [-0.15, -0.1) is 0 Å². The van der Waals surface area contributed by atoms with Crippen LogP contribution in [-0.4, -0.2) is 61.2 Å². The first-order chi connectivity index (χ1) is 9.86. The molecule has 0 spiro atoms. The fourth-order valence-corrected chi connectivity index (χ4v) is 4.07. The summed E-state index contributed by atoms with van der Waals surface area (Å²) >= 11 is 0. The normalized spacial score (nSPS) is 28.1. The topological polar surface area (TPSA) is 18.5 Å². The smallest absolute Gasteiger partial charge is 0.0223 e. The highest BCUT2D eigenvalue weighted by atomic mass is 15.3. The van der Waals surface area contributed by atoms with Crippen LogP contribution in [0.4, 0.5) is 0 Å². The summed E-state index contributed by atoms with van der Waals surface area (Å²) in [6.45, 7) is 10.00. The number of nitrogens with zero attached hydrogens (tertiary/aromatic N) is 2. The Balaban J connectivity index is 1.40. The Kier molecular flexibility index (Phi) is 5.36. The molecule has 1 atom stereocenters. The predicted molar refractivity (Wildman–Crippen MR) is 85.1 cm³/mol. The van der Waals surface area contributed by atoms with E-state index in [2.05, 4.69) is 22.0 Å². The van der Waals surface area contributed by atoms with Crippen molar-refractivity contribution in [2.45, 2.75) is 64.0 Å². The van der Waals surface area contributed by atoms with Crippen LogP contribution < -0.4 is 5.32 Å². The maximum absolute atomic E-state index is 3.79. The maximum Gasteiger partial charge on any atom is 0.0223 e. The van der Waals surface area contributed by atoms with Crippen LogP contribution in [0.3, 0.4) is 0 Å². The van der Waals surface area contributed by atoms with Gasteiger partial charge in [0.2, 0.25) is 0 Å². The monoisotopic (exact) mass is 279 g/mol. The molecule has 116 valence electrons. The summed E-state index contributed by atoms with van der Waals surface area (Å²) in [5.41, 5.74) is 0. The van der Waals surface area contributed by atoms with Gasteiger partial charge in [-0.1, -0.05) is 19.8 Å². The lowest BCUT2D eigenvalue weighted by molar-refractivity contribution is 0.0895. The molecule has 3 heteroatoms. The molecular weight excluding hydrogens is 246 g/mol. The van der Waals surface area contributed by atoms with E-state index in [1.165, 1.54) is 84.2 Å². The average molecular weight is 279 g/mol. The molecule has 0 aromatic heterocycles. The fraction of sp³-hybridized carbons (Fsp3) is 1.00. The van der Waals surface area contributed by atoms with Crippen molar-refractivity contribution >= 4 is 0 Å². The van der Waals surface area contributed by atoms with Crippen molar-refractivity contribution in [3.8, 4) is 0 Å². The minimum absolute atomic E-state index is 0.771. The van der Waals surface area contributed by atoms with E-state index in [0.29, 0.717) is 0 Å². The Morgan fingerprint density at radius 2 is 1.70 bits per heavy atom. The predicted octanol–water partition coefficient (Wildman–Crippen LogP) is 2.32. The molecule has 1 saturated heterocycles. The van der Waals surface area contributed by atoms with Gasteiger partial charge >= 0.3 is 0 Å². The molecule has 0 amide bonds. The van der Waals surface area contributed by atoms with Crippen LogP contribution in [0.1, 0.15) is 51.9 Å². The van der Waals surface area contributed by atoms with Gasteiger partial charge in [-0.25, -0.2) is 0 Å². The minimum atomic E-state index is 0.771. The number of hydrogen-bond donors (Lipinski definition) is 1. The van der Waals surface area contributed by atoms with Gasteiger partial charge in [-0.2, -0.15) is 0 Å². The van der Waals surface area contributed by atoms with Crippen LogP contribution in [-0.2, 0) is 0 Å². The Labute approximate surface area is 125 Å². The Hall–Kier alpha value is -0.120. The Morgan fingerprint density at radius 3 is 2.30 bits per heavy atom. The van der Waals surface area contributed by atoms with Crippen molar-refractivity contribution in [2.24, 2.45) is 5.92 Å².